The van der Waals surface area contributed by atoms with Crippen LogP contribution < -0.4 is 20.1 Å². The van der Waals surface area contributed by atoms with Crippen LogP contribution in [0.4, 0.5) is 11.4 Å². The molecule has 3 aromatic rings. The number of unbranched alkanes of at least 4 members (excludes halogenated alkanes) is 1. The third kappa shape index (κ3) is 8.90. The van der Waals surface area contributed by atoms with E-state index in [1.165, 1.54) is 11.8 Å². The van der Waals surface area contributed by atoms with E-state index in [1.54, 1.807) is 18.2 Å². The molecule has 2 N–H and O–H groups in total. The molecule has 0 unspecified atom stereocenters. The topological polar surface area (TPSA) is 76.7 Å². The van der Waals surface area contributed by atoms with E-state index in [4.69, 9.17) is 9.47 Å². The second-order valence-corrected chi connectivity index (χ2v) is 8.29. The maximum Gasteiger partial charge on any atom is 0.262 e. The molecule has 3 rings (SSSR count). The molecule has 6 nitrogen and oxygen atoms in total. The van der Waals surface area contributed by atoms with Gasteiger partial charge in [-0.1, -0.05) is 37.6 Å². The molecule has 0 aliphatic rings. The summed E-state index contributed by atoms with van der Waals surface area (Å²) in [5.74, 6) is 1.33. The molecule has 0 radical (unpaired) electrons. The van der Waals surface area contributed by atoms with Gasteiger partial charge in [-0.15, -0.1) is 11.8 Å². The van der Waals surface area contributed by atoms with Crippen molar-refractivity contribution >= 4 is 35.0 Å². The van der Waals surface area contributed by atoms with Crippen LogP contribution in [0.2, 0.25) is 0 Å². The lowest BCUT2D eigenvalue weighted by Crippen LogP contribution is -2.20. The van der Waals surface area contributed by atoms with Crippen molar-refractivity contribution in [2.45, 2.75) is 24.7 Å². The normalized spacial score (nSPS) is 10.3. The second-order valence-electron chi connectivity index (χ2n) is 7.24. The second kappa shape index (κ2) is 13.2. The number of hydrogen-bond acceptors (Lipinski definition) is 5. The summed E-state index contributed by atoms with van der Waals surface area (Å²) in [4.78, 5) is 25.3. The van der Waals surface area contributed by atoms with Gasteiger partial charge in [0.15, 0.2) is 6.61 Å². The van der Waals surface area contributed by atoms with Gasteiger partial charge in [0.25, 0.3) is 5.91 Å². The van der Waals surface area contributed by atoms with Crippen LogP contribution in [0, 0.1) is 0 Å². The van der Waals surface area contributed by atoms with Gasteiger partial charge in [-0.2, -0.15) is 0 Å². The van der Waals surface area contributed by atoms with Gasteiger partial charge in [0, 0.05) is 16.3 Å². The number of carbonyl (C=O) groups is 2. The van der Waals surface area contributed by atoms with Gasteiger partial charge in [-0.05, 0) is 61.0 Å². The Morgan fingerprint density at radius 2 is 1.52 bits per heavy atom. The minimum absolute atomic E-state index is 0.0772. The molecule has 0 atom stereocenters. The van der Waals surface area contributed by atoms with Crippen LogP contribution in [0.25, 0.3) is 0 Å². The molecule has 0 aromatic heterocycles. The third-order valence-corrected chi connectivity index (χ3v) is 5.50. The predicted octanol–water partition coefficient (Wildman–Crippen LogP) is 5.61. The molecule has 0 bridgehead atoms. The van der Waals surface area contributed by atoms with E-state index in [0.717, 1.165) is 29.2 Å². The fraction of sp³-hybridized carbons (Fsp3) is 0.231. The van der Waals surface area contributed by atoms with E-state index in [9.17, 15) is 9.59 Å². The molecule has 33 heavy (non-hydrogen) atoms. The molecule has 2 amide bonds. The number of nitrogens with one attached hydrogen (secondary N) is 2. The molecule has 0 spiro atoms. The predicted molar refractivity (Wildman–Crippen MR) is 133 cm³/mol. The molecule has 0 aliphatic carbocycles. The van der Waals surface area contributed by atoms with Crippen LogP contribution in [0.3, 0.4) is 0 Å². The minimum Gasteiger partial charge on any atom is -0.494 e. The first kappa shape index (κ1) is 24.2. The van der Waals surface area contributed by atoms with Crippen LogP contribution in [-0.4, -0.2) is 30.8 Å². The van der Waals surface area contributed by atoms with Crippen molar-refractivity contribution in [2.24, 2.45) is 0 Å². The maximum absolute atomic E-state index is 12.3. The summed E-state index contributed by atoms with van der Waals surface area (Å²) in [5.41, 5.74) is 1.38. The standard InChI is InChI=1S/C26H28N2O4S/c1-2-3-16-31-23-14-12-20(13-15-23)27-26(30)19-33-24-11-7-8-21(17-24)28-25(29)18-32-22-9-5-4-6-10-22/h4-15,17H,2-3,16,18-19H2,1H3,(H,27,30)(H,28,29). The number of rotatable bonds is 12. The Labute approximate surface area is 198 Å². The summed E-state index contributed by atoms with van der Waals surface area (Å²) in [5, 5.41) is 5.70. The number of ether oxygens (including phenoxy) is 2. The van der Waals surface area contributed by atoms with Gasteiger partial charge >= 0.3 is 0 Å². The first-order valence-electron chi connectivity index (χ1n) is 10.9. The smallest absolute Gasteiger partial charge is 0.262 e. The molecule has 0 saturated carbocycles. The SMILES string of the molecule is CCCCOc1ccc(NC(=O)CSc2cccc(NC(=O)COc3ccccc3)c2)cc1. The first-order chi connectivity index (χ1) is 16.1. The van der Waals surface area contributed by atoms with Gasteiger partial charge in [0.1, 0.15) is 11.5 Å². The van der Waals surface area contributed by atoms with Gasteiger partial charge in [0.2, 0.25) is 5.91 Å². The van der Waals surface area contributed by atoms with Gasteiger partial charge in [-0.3, -0.25) is 9.59 Å². The number of para-hydroxylation sites is 1. The van der Waals surface area contributed by atoms with Crippen molar-refractivity contribution in [2.75, 3.05) is 29.6 Å². The van der Waals surface area contributed by atoms with E-state index in [-0.39, 0.29) is 24.2 Å². The molecule has 0 saturated heterocycles. The average Bonchev–Trinajstić information content (AvgIpc) is 2.84. The summed E-state index contributed by atoms with van der Waals surface area (Å²) in [6.07, 6.45) is 2.10. The average molecular weight is 465 g/mol. The summed E-state index contributed by atoms with van der Waals surface area (Å²) in [7, 11) is 0. The molecule has 172 valence electrons. The fourth-order valence-electron chi connectivity index (χ4n) is 2.84. The Kier molecular flexibility index (Phi) is 9.66. The number of carbonyl (C=O) groups excluding carboxylic acids is 2. The van der Waals surface area contributed by atoms with Crippen LogP contribution in [-0.2, 0) is 9.59 Å². The fourth-order valence-corrected chi connectivity index (χ4v) is 3.60. The van der Waals surface area contributed by atoms with E-state index in [2.05, 4.69) is 17.6 Å². The Balaban J connectivity index is 1.42. The highest BCUT2D eigenvalue weighted by Crippen LogP contribution is 2.22. The Hall–Kier alpha value is -3.45. The summed E-state index contributed by atoms with van der Waals surface area (Å²) < 4.78 is 11.1. The van der Waals surface area contributed by atoms with Gasteiger partial charge in [0.05, 0.1) is 12.4 Å². The van der Waals surface area contributed by atoms with Crippen molar-refractivity contribution in [1.82, 2.24) is 0 Å². The van der Waals surface area contributed by atoms with E-state index >= 15 is 0 Å². The zero-order valence-electron chi connectivity index (χ0n) is 18.6. The molecule has 0 fully saturated rings. The summed E-state index contributed by atoms with van der Waals surface area (Å²) >= 11 is 1.40. The molecular formula is C26H28N2O4S. The number of amides is 2. The Morgan fingerprint density at radius 3 is 2.27 bits per heavy atom. The summed E-state index contributed by atoms with van der Waals surface area (Å²) in [6, 6.07) is 23.9. The number of benzene rings is 3. The van der Waals surface area contributed by atoms with Crippen molar-refractivity contribution in [3.05, 3.63) is 78.9 Å². The third-order valence-electron chi connectivity index (χ3n) is 4.51. The quantitative estimate of drug-likeness (QED) is 0.269. The highest BCUT2D eigenvalue weighted by atomic mass is 32.2. The molecule has 0 aliphatic heterocycles. The monoisotopic (exact) mass is 464 g/mol. The Morgan fingerprint density at radius 1 is 0.788 bits per heavy atom. The van der Waals surface area contributed by atoms with Crippen molar-refractivity contribution < 1.29 is 19.1 Å². The van der Waals surface area contributed by atoms with Gasteiger partial charge in [-0.25, -0.2) is 0 Å². The Bertz CT molecular complexity index is 1030. The number of thioether (sulfide) groups is 1. The largest absolute Gasteiger partial charge is 0.494 e. The minimum atomic E-state index is -0.249. The summed E-state index contributed by atoms with van der Waals surface area (Å²) in [6.45, 7) is 2.74. The number of anilines is 2. The molecule has 7 heteroatoms. The van der Waals surface area contributed by atoms with Crippen LogP contribution in [0.1, 0.15) is 19.8 Å². The highest BCUT2D eigenvalue weighted by molar-refractivity contribution is 8.00. The molecule has 3 aromatic carbocycles. The van der Waals surface area contributed by atoms with Crippen molar-refractivity contribution in [1.29, 1.82) is 0 Å². The van der Waals surface area contributed by atoms with E-state index in [0.29, 0.717) is 18.0 Å². The van der Waals surface area contributed by atoms with Crippen molar-refractivity contribution in [3.8, 4) is 11.5 Å². The molecule has 0 heterocycles. The van der Waals surface area contributed by atoms with E-state index in [1.807, 2.05) is 60.7 Å². The van der Waals surface area contributed by atoms with Crippen LogP contribution in [0.15, 0.2) is 83.8 Å². The van der Waals surface area contributed by atoms with Gasteiger partial charge < -0.3 is 20.1 Å². The first-order valence-corrected chi connectivity index (χ1v) is 11.8. The van der Waals surface area contributed by atoms with Crippen LogP contribution in [0.5, 0.6) is 11.5 Å². The number of hydrogen-bond donors (Lipinski definition) is 2. The molecular weight excluding hydrogens is 436 g/mol. The van der Waals surface area contributed by atoms with E-state index < -0.39 is 0 Å². The highest BCUT2D eigenvalue weighted by Gasteiger charge is 2.07. The lowest BCUT2D eigenvalue weighted by atomic mass is 10.3. The lowest BCUT2D eigenvalue weighted by Gasteiger charge is -2.09. The zero-order chi connectivity index (χ0) is 23.3. The lowest BCUT2D eigenvalue weighted by molar-refractivity contribution is -0.118. The zero-order valence-corrected chi connectivity index (χ0v) is 19.4. The van der Waals surface area contributed by atoms with Crippen molar-refractivity contribution in [3.63, 3.8) is 0 Å². The van der Waals surface area contributed by atoms with Crippen LogP contribution >= 0.6 is 11.8 Å². The maximum atomic E-state index is 12.3.